The Kier molecular flexibility index (Phi) is 11.1. The highest BCUT2D eigenvalue weighted by molar-refractivity contribution is 7.92. The molecule has 0 fully saturated rings. The summed E-state index contributed by atoms with van der Waals surface area (Å²) in [5, 5.41) is 3.01. The largest absolute Gasteiger partial charge is 0.352 e. The fourth-order valence-corrected chi connectivity index (χ4v) is 5.89. The van der Waals surface area contributed by atoms with Crippen molar-refractivity contribution in [1.29, 1.82) is 0 Å². The number of nitrogens with one attached hydrogen (secondary N) is 1. The summed E-state index contributed by atoms with van der Waals surface area (Å²) in [6.45, 7) is 10.0. The second-order valence-corrected chi connectivity index (χ2v) is 13.0. The first kappa shape index (κ1) is 31.9. The van der Waals surface area contributed by atoms with Crippen molar-refractivity contribution in [1.82, 2.24) is 10.2 Å². The van der Waals surface area contributed by atoms with Crippen molar-refractivity contribution in [3.05, 3.63) is 101 Å². The molecule has 1 atom stereocenters. The fraction of sp³-hybridized carbons (Fsp3) is 0.394. The van der Waals surface area contributed by atoms with E-state index in [1.807, 2.05) is 107 Å². The van der Waals surface area contributed by atoms with Gasteiger partial charge in [-0.3, -0.25) is 13.9 Å². The normalized spacial score (nSPS) is 12.2. The molecule has 2 amide bonds. The Morgan fingerprint density at radius 2 is 1.54 bits per heavy atom. The summed E-state index contributed by atoms with van der Waals surface area (Å²) in [7, 11) is -3.57. The Labute approximate surface area is 245 Å². The van der Waals surface area contributed by atoms with E-state index in [4.69, 9.17) is 0 Å². The van der Waals surface area contributed by atoms with E-state index in [0.29, 0.717) is 18.5 Å². The topological polar surface area (TPSA) is 86.8 Å². The van der Waals surface area contributed by atoms with Crippen LogP contribution in [0.4, 0.5) is 5.69 Å². The van der Waals surface area contributed by atoms with E-state index in [0.717, 1.165) is 27.8 Å². The second-order valence-electron chi connectivity index (χ2n) is 11.0. The maximum Gasteiger partial charge on any atom is 0.243 e. The van der Waals surface area contributed by atoms with Gasteiger partial charge in [0.25, 0.3) is 0 Å². The number of aryl methyl sites for hydroxylation is 3. The molecular formula is C33H43N3O4S. The van der Waals surface area contributed by atoms with Crippen LogP contribution in [0.1, 0.15) is 54.5 Å². The Morgan fingerprint density at radius 1 is 0.878 bits per heavy atom. The van der Waals surface area contributed by atoms with Gasteiger partial charge in [-0.25, -0.2) is 8.42 Å². The molecule has 0 heterocycles. The predicted octanol–water partition coefficient (Wildman–Crippen LogP) is 5.32. The number of carbonyl (C=O) groups excluding carboxylic acids is 2. The predicted molar refractivity (Wildman–Crippen MR) is 166 cm³/mol. The zero-order valence-electron chi connectivity index (χ0n) is 25.1. The minimum atomic E-state index is -3.57. The lowest BCUT2D eigenvalue weighted by Gasteiger charge is -2.33. The fourth-order valence-electron chi connectivity index (χ4n) is 4.88. The summed E-state index contributed by atoms with van der Waals surface area (Å²) in [6, 6.07) is 22.4. The van der Waals surface area contributed by atoms with Gasteiger partial charge in [-0.05, 0) is 74.9 Å². The van der Waals surface area contributed by atoms with Gasteiger partial charge in [0.05, 0.1) is 11.9 Å². The highest BCUT2D eigenvalue weighted by Gasteiger charge is 2.31. The summed E-state index contributed by atoms with van der Waals surface area (Å²) in [5.74, 6) is -0.401. The molecule has 0 radical (unpaired) electrons. The second kappa shape index (κ2) is 14.3. The molecule has 3 rings (SSSR count). The number of hydrogen-bond acceptors (Lipinski definition) is 4. The smallest absolute Gasteiger partial charge is 0.243 e. The molecule has 41 heavy (non-hydrogen) atoms. The zero-order chi connectivity index (χ0) is 30.2. The van der Waals surface area contributed by atoms with E-state index in [9.17, 15) is 18.0 Å². The van der Waals surface area contributed by atoms with E-state index in [1.54, 1.807) is 4.90 Å². The van der Waals surface area contributed by atoms with Gasteiger partial charge in [0.1, 0.15) is 6.04 Å². The SMILES string of the molecule is Cc1ccc(C)c(N(CCCC(=O)N(Cc2ccccc2C)[C@@H](Cc2ccccc2)C(=O)NC(C)C)S(C)(=O)=O)c1. The summed E-state index contributed by atoms with van der Waals surface area (Å²) in [5.41, 5.74) is 5.38. The van der Waals surface area contributed by atoms with E-state index in [2.05, 4.69) is 5.32 Å². The van der Waals surface area contributed by atoms with Crippen LogP contribution < -0.4 is 9.62 Å². The average Bonchev–Trinajstić information content (AvgIpc) is 2.90. The van der Waals surface area contributed by atoms with Crippen LogP contribution in [0, 0.1) is 20.8 Å². The number of sulfonamides is 1. The van der Waals surface area contributed by atoms with Crippen LogP contribution >= 0.6 is 0 Å². The highest BCUT2D eigenvalue weighted by Crippen LogP contribution is 2.25. The third-order valence-electron chi connectivity index (χ3n) is 7.09. The Balaban J connectivity index is 1.91. The van der Waals surface area contributed by atoms with Crippen molar-refractivity contribution < 1.29 is 18.0 Å². The summed E-state index contributed by atoms with van der Waals surface area (Å²) in [4.78, 5) is 29.2. The van der Waals surface area contributed by atoms with Crippen molar-refractivity contribution in [2.75, 3.05) is 17.1 Å². The molecule has 3 aromatic carbocycles. The van der Waals surface area contributed by atoms with Crippen LogP contribution in [0.3, 0.4) is 0 Å². The number of rotatable bonds is 13. The molecule has 1 N–H and O–H groups in total. The first-order valence-corrected chi connectivity index (χ1v) is 15.9. The number of amides is 2. The molecular weight excluding hydrogens is 534 g/mol. The molecule has 0 bridgehead atoms. The van der Waals surface area contributed by atoms with E-state index in [-0.39, 0.29) is 37.4 Å². The van der Waals surface area contributed by atoms with E-state index in [1.165, 1.54) is 10.6 Å². The number of carbonyl (C=O) groups is 2. The van der Waals surface area contributed by atoms with E-state index >= 15 is 0 Å². The van der Waals surface area contributed by atoms with Gasteiger partial charge < -0.3 is 10.2 Å². The molecule has 0 saturated carbocycles. The number of benzene rings is 3. The molecule has 7 nitrogen and oxygen atoms in total. The maximum atomic E-state index is 13.9. The molecule has 3 aromatic rings. The minimum absolute atomic E-state index is 0.0860. The average molecular weight is 578 g/mol. The van der Waals surface area contributed by atoms with Gasteiger partial charge in [0.15, 0.2) is 0 Å². The van der Waals surface area contributed by atoms with Gasteiger partial charge in [0.2, 0.25) is 21.8 Å². The van der Waals surface area contributed by atoms with Crippen molar-refractivity contribution in [2.24, 2.45) is 0 Å². The van der Waals surface area contributed by atoms with Crippen LogP contribution in [0.5, 0.6) is 0 Å². The molecule has 0 unspecified atom stereocenters. The summed E-state index contributed by atoms with van der Waals surface area (Å²) >= 11 is 0. The Bertz CT molecular complexity index is 1440. The van der Waals surface area contributed by atoms with Gasteiger partial charge in [-0.2, -0.15) is 0 Å². The van der Waals surface area contributed by atoms with Crippen LogP contribution in [-0.2, 0) is 32.6 Å². The quantitative estimate of drug-likeness (QED) is 0.298. The molecule has 0 spiro atoms. The third-order valence-corrected chi connectivity index (χ3v) is 8.27. The lowest BCUT2D eigenvalue weighted by molar-refractivity contribution is -0.141. The Morgan fingerprint density at radius 3 is 2.17 bits per heavy atom. The van der Waals surface area contributed by atoms with Crippen LogP contribution in [0.25, 0.3) is 0 Å². The number of nitrogens with zero attached hydrogens (tertiary/aromatic N) is 2. The lowest BCUT2D eigenvalue weighted by Crippen LogP contribution is -2.52. The minimum Gasteiger partial charge on any atom is -0.352 e. The number of anilines is 1. The van der Waals surface area contributed by atoms with Gasteiger partial charge in [-0.15, -0.1) is 0 Å². The maximum absolute atomic E-state index is 13.9. The van der Waals surface area contributed by atoms with Crippen molar-refractivity contribution in [2.45, 2.75) is 72.5 Å². The first-order chi connectivity index (χ1) is 19.4. The van der Waals surface area contributed by atoms with Gasteiger partial charge in [0, 0.05) is 32.0 Å². The van der Waals surface area contributed by atoms with Gasteiger partial charge >= 0.3 is 0 Å². The Hall–Kier alpha value is -3.65. The van der Waals surface area contributed by atoms with Crippen molar-refractivity contribution in [3.63, 3.8) is 0 Å². The zero-order valence-corrected chi connectivity index (χ0v) is 25.9. The van der Waals surface area contributed by atoms with E-state index < -0.39 is 16.1 Å². The lowest BCUT2D eigenvalue weighted by atomic mass is 10.0. The summed E-state index contributed by atoms with van der Waals surface area (Å²) < 4.78 is 26.9. The standard InChI is InChI=1S/C33H43N3O4S/c1-24(2)34-33(38)31(22-28-14-8-7-9-15-28)35(23-29-16-11-10-13-26(29)4)32(37)17-12-20-36(41(6,39)40)30-21-25(3)18-19-27(30)5/h7-11,13-16,18-19,21,24,31H,12,17,20,22-23H2,1-6H3,(H,34,38)/t31-/m0/s1. The first-order valence-electron chi connectivity index (χ1n) is 14.1. The van der Waals surface area contributed by atoms with Crippen molar-refractivity contribution in [3.8, 4) is 0 Å². The summed E-state index contributed by atoms with van der Waals surface area (Å²) in [6.07, 6.45) is 1.97. The van der Waals surface area contributed by atoms with Gasteiger partial charge in [-0.1, -0.05) is 66.7 Å². The molecule has 0 aliphatic heterocycles. The highest BCUT2D eigenvalue weighted by atomic mass is 32.2. The third kappa shape index (κ3) is 9.18. The van der Waals surface area contributed by atoms with Crippen LogP contribution in [-0.4, -0.2) is 50.0 Å². The molecule has 0 aromatic heterocycles. The molecule has 220 valence electrons. The van der Waals surface area contributed by atoms with Crippen LogP contribution in [0.15, 0.2) is 72.8 Å². The number of hydrogen-bond donors (Lipinski definition) is 1. The van der Waals surface area contributed by atoms with Crippen molar-refractivity contribution >= 4 is 27.5 Å². The molecule has 0 aliphatic carbocycles. The van der Waals surface area contributed by atoms with Crippen LogP contribution in [0.2, 0.25) is 0 Å². The molecule has 0 saturated heterocycles. The molecule has 0 aliphatic rings. The monoisotopic (exact) mass is 577 g/mol. The molecule has 8 heteroatoms.